The first kappa shape index (κ1) is 23.6. The highest BCUT2D eigenvalue weighted by molar-refractivity contribution is 5.99. The molecule has 0 atom stereocenters. The van der Waals surface area contributed by atoms with Crippen LogP contribution in [0.1, 0.15) is 41.6 Å². The summed E-state index contributed by atoms with van der Waals surface area (Å²) in [6.07, 6.45) is 2.75. The monoisotopic (exact) mass is 456 g/mol. The molecule has 3 aromatic rings. The minimum atomic E-state index is -0.605. The van der Waals surface area contributed by atoms with Crippen LogP contribution in [0.15, 0.2) is 48.9 Å². The molecule has 3 rings (SSSR count). The molecule has 10 heteroatoms. The van der Waals surface area contributed by atoms with Crippen molar-refractivity contribution in [3.8, 4) is 22.9 Å². The van der Waals surface area contributed by atoms with Crippen molar-refractivity contribution in [2.24, 2.45) is 0 Å². The highest BCUT2D eigenvalue weighted by Gasteiger charge is 2.20. The van der Waals surface area contributed by atoms with Crippen LogP contribution in [0.3, 0.4) is 0 Å². The molecule has 1 heterocycles. The van der Waals surface area contributed by atoms with Crippen molar-refractivity contribution in [1.82, 2.24) is 20.4 Å². The Labute approximate surface area is 190 Å². The summed E-state index contributed by atoms with van der Waals surface area (Å²) in [5.74, 6) is -0.463. The van der Waals surface area contributed by atoms with Crippen LogP contribution in [0.2, 0.25) is 0 Å². The summed E-state index contributed by atoms with van der Waals surface area (Å²) in [7, 11) is 0. The summed E-state index contributed by atoms with van der Waals surface area (Å²) >= 11 is 0. The predicted molar refractivity (Wildman–Crippen MR) is 118 cm³/mol. The van der Waals surface area contributed by atoms with E-state index in [9.17, 15) is 14.0 Å². The van der Waals surface area contributed by atoms with Gasteiger partial charge in [0.1, 0.15) is 11.5 Å². The zero-order chi connectivity index (χ0) is 23.8. The lowest BCUT2D eigenvalue weighted by Gasteiger charge is -2.17. The van der Waals surface area contributed by atoms with E-state index in [2.05, 4.69) is 15.8 Å². The Balaban J connectivity index is 1.77. The number of nitrogens with one attached hydrogen (secondary N) is 2. The van der Waals surface area contributed by atoms with Gasteiger partial charge in [0.05, 0.1) is 32.3 Å². The van der Waals surface area contributed by atoms with Crippen molar-refractivity contribution in [3.63, 3.8) is 0 Å². The van der Waals surface area contributed by atoms with Crippen LogP contribution in [-0.2, 0) is 0 Å². The molecule has 0 aliphatic rings. The number of carbonyl (C=O) groups excluding carboxylic acids is 2. The summed E-state index contributed by atoms with van der Waals surface area (Å²) < 4.78 is 31.5. The van der Waals surface area contributed by atoms with Gasteiger partial charge < -0.3 is 14.2 Å². The number of rotatable bonds is 9. The van der Waals surface area contributed by atoms with Crippen LogP contribution in [0.4, 0.5) is 4.39 Å². The van der Waals surface area contributed by atoms with Gasteiger partial charge in [0, 0.05) is 11.3 Å². The molecule has 1 aromatic heterocycles. The Hall–Kier alpha value is -4.08. The molecule has 174 valence electrons. The van der Waals surface area contributed by atoms with Crippen LogP contribution in [0.5, 0.6) is 17.2 Å². The topological polar surface area (TPSA) is 104 Å². The summed E-state index contributed by atoms with van der Waals surface area (Å²) in [5, 5.41) is 0. The summed E-state index contributed by atoms with van der Waals surface area (Å²) in [6, 6.07) is 8.60. The van der Waals surface area contributed by atoms with Gasteiger partial charge in [0.2, 0.25) is 5.75 Å². The summed E-state index contributed by atoms with van der Waals surface area (Å²) in [5.41, 5.74) is 5.63. The second-order valence-corrected chi connectivity index (χ2v) is 6.63. The fraction of sp³-hybridized carbons (Fsp3) is 0.261. The van der Waals surface area contributed by atoms with Crippen molar-refractivity contribution in [2.75, 3.05) is 19.8 Å². The van der Waals surface area contributed by atoms with Gasteiger partial charge in [-0.3, -0.25) is 25.0 Å². The van der Waals surface area contributed by atoms with E-state index < -0.39 is 17.6 Å². The van der Waals surface area contributed by atoms with Crippen molar-refractivity contribution < 1.29 is 28.2 Å². The quantitative estimate of drug-likeness (QED) is 0.479. The lowest BCUT2D eigenvalue weighted by atomic mass is 10.1. The molecular weight excluding hydrogens is 431 g/mol. The number of benzene rings is 2. The van der Waals surface area contributed by atoms with Gasteiger partial charge >= 0.3 is 0 Å². The highest BCUT2D eigenvalue weighted by atomic mass is 19.1. The van der Waals surface area contributed by atoms with Gasteiger partial charge in [-0.05, 0) is 57.2 Å². The normalized spacial score (nSPS) is 10.4. The van der Waals surface area contributed by atoms with E-state index in [1.165, 1.54) is 53.5 Å². The van der Waals surface area contributed by atoms with Gasteiger partial charge in [0.15, 0.2) is 11.5 Å². The van der Waals surface area contributed by atoms with Gasteiger partial charge in [-0.25, -0.2) is 9.37 Å². The lowest BCUT2D eigenvalue weighted by Crippen LogP contribution is -2.42. The molecule has 0 spiro atoms. The number of halogens is 1. The first-order valence-electron chi connectivity index (χ1n) is 10.4. The van der Waals surface area contributed by atoms with Crippen LogP contribution >= 0.6 is 0 Å². The van der Waals surface area contributed by atoms with Crippen LogP contribution in [0, 0.1) is 5.82 Å². The van der Waals surface area contributed by atoms with Crippen molar-refractivity contribution in [3.05, 3.63) is 66.0 Å². The number of aromatic nitrogens is 2. The van der Waals surface area contributed by atoms with Crippen LogP contribution in [-0.4, -0.2) is 41.2 Å². The van der Waals surface area contributed by atoms with E-state index in [1.807, 2.05) is 20.8 Å². The molecule has 0 saturated heterocycles. The maximum Gasteiger partial charge on any atom is 0.288 e. The smallest absolute Gasteiger partial charge is 0.288 e. The zero-order valence-electron chi connectivity index (χ0n) is 18.6. The maximum absolute atomic E-state index is 13.2. The lowest BCUT2D eigenvalue weighted by molar-refractivity contribution is 0.0842. The molecule has 2 N–H and O–H groups in total. The van der Waals surface area contributed by atoms with Gasteiger partial charge in [-0.2, -0.15) is 0 Å². The number of hydrogen-bond acceptors (Lipinski definition) is 6. The first-order valence-corrected chi connectivity index (χ1v) is 10.4. The molecule has 0 unspecified atom stereocenters. The fourth-order valence-electron chi connectivity index (χ4n) is 3.04. The highest BCUT2D eigenvalue weighted by Crippen LogP contribution is 2.39. The summed E-state index contributed by atoms with van der Waals surface area (Å²) in [4.78, 5) is 29.4. The van der Waals surface area contributed by atoms with E-state index in [0.29, 0.717) is 42.8 Å². The predicted octanol–water partition coefficient (Wildman–Crippen LogP) is 3.28. The van der Waals surface area contributed by atoms with E-state index >= 15 is 0 Å². The van der Waals surface area contributed by atoms with Gasteiger partial charge in [0.25, 0.3) is 11.8 Å². The average Bonchev–Trinajstić information content (AvgIpc) is 3.30. The van der Waals surface area contributed by atoms with Gasteiger partial charge in [-0.15, -0.1) is 0 Å². The molecule has 0 aliphatic carbocycles. The van der Waals surface area contributed by atoms with E-state index in [4.69, 9.17) is 14.2 Å². The number of nitrogens with zero attached hydrogens (tertiary/aromatic N) is 2. The second-order valence-electron chi connectivity index (χ2n) is 6.63. The molecule has 0 aliphatic heterocycles. The third-order valence-corrected chi connectivity index (χ3v) is 4.44. The van der Waals surface area contributed by atoms with Gasteiger partial charge in [-0.1, -0.05) is 0 Å². The van der Waals surface area contributed by atoms with E-state index in [-0.39, 0.29) is 11.3 Å². The minimum Gasteiger partial charge on any atom is -0.490 e. The molecular formula is C23H25FN4O5. The maximum atomic E-state index is 13.2. The average molecular weight is 456 g/mol. The molecule has 0 saturated carbocycles. The number of hydrazine groups is 1. The zero-order valence-corrected chi connectivity index (χ0v) is 18.6. The molecule has 2 aromatic carbocycles. The third kappa shape index (κ3) is 5.59. The third-order valence-electron chi connectivity index (χ3n) is 4.44. The van der Waals surface area contributed by atoms with E-state index in [0.717, 1.165) is 0 Å². The molecule has 2 amide bonds. The number of amides is 2. The number of imidazole rings is 1. The molecule has 9 nitrogen and oxygen atoms in total. The number of carbonyl (C=O) groups is 2. The number of hydrogen-bond donors (Lipinski definition) is 2. The Kier molecular flexibility index (Phi) is 7.85. The Morgan fingerprint density at radius 2 is 1.48 bits per heavy atom. The Morgan fingerprint density at radius 3 is 2.06 bits per heavy atom. The molecule has 0 radical (unpaired) electrons. The molecule has 33 heavy (non-hydrogen) atoms. The van der Waals surface area contributed by atoms with E-state index in [1.54, 1.807) is 0 Å². The standard InChI is InChI=1S/C23H25FN4O5/c1-4-31-19-11-15(12-20(32-5-2)21(19)33-6-3)22(29)26-27-23(30)18-13-25-14-28(18)17-9-7-16(24)8-10-17/h7-14H,4-6H2,1-3H3,(H,26,29)(H,27,30). The Bertz CT molecular complexity index is 1090. The summed E-state index contributed by atoms with van der Waals surface area (Å²) in [6.45, 7) is 6.57. The number of ether oxygens (including phenoxy) is 3. The fourth-order valence-corrected chi connectivity index (χ4v) is 3.04. The first-order chi connectivity index (χ1) is 16.0. The molecule has 0 fully saturated rings. The second kappa shape index (κ2) is 11.0. The Morgan fingerprint density at radius 1 is 0.909 bits per heavy atom. The SMILES string of the molecule is CCOc1cc(C(=O)NNC(=O)c2cncn2-c2ccc(F)cc2)cc(OCC)c1OCC. The van der Waals surface area contributed by atoms with Crippen LogP contribution in [0.25, 0.3) is 5.69 Å². The van der Waals surface area contributed by atoms with Crippen LogP contribution < -0.4 is 25.1 Å². The van der Waals surface area contributed by atoms with Crippen molar-refractivity contribution in [1.29, 1.82) is 0 Å². The molecule has 0 bridgehead atoms. The van der Waals surface area contributed by atoms with Crippen molar-refractivity contribution >= 4 is 11.8 Å². The minimum absolute atomic E-state index is 0.151. The largest absolute Gasteiger partial charge is 0.490 e. The van der Waals surface area contributed by atoms with Crippen molar-refractivity contribution in [2.45, 2.75) is 20.8 Å².